The van der Waals surface area contributed by atoms with Gasteiger partial charge < -0.3 is 19.7 Å². The van der Waals surface area contributed by atoms with Crippen molar-refractivity contribution >= 4 is 12.0 Å². The fourth-order valence-corrected chi connectivity index (χ4v) is 3.20. The topological polar surface area (TPSA) is 82.8 Å². The first-order valence-electron chi connectivity index (χ1n) is 8.42. The van der Waals surface area contributed by atoms with E-state index in [1.165, 1.54) is 0 Å². The van der Waals surface area contributed by atoms with Gasteiger partial charge in [-0.1, -0.05) is 37.3 Å². The minimum absolute atomic E-state index is 0.175. The highest BCUT2D eigenvalue weighted by Crippen LogP contribution is 2.23. The largest absolute Gasteiger partial charge is 0.481 e. The maximum Gasteiger partial charge on any atom is 0.317 e. The minimum Gasteiger partial charge on any atom is -0.481 e. The molecule has 3 rings (SSSR count). The SMILES string of the molecule is CC1CC(C(=O)O)CN(C(=O)NCc2ccc(-c3ccccc3)o2)C1. The summed E-state index contributed by atoms with van der Waals surface area (Å²) in [6, 6.07) is 13.2. The van der Waals surface area contributed by atoms with E-state index in [1.807, 2.05) is 49.4 Å². The molecule has 0 bridgehead atoms. The molecule has 25 heavy (non-hydrogen) atoms. The van der Waals surface area contributed by atoms with E-state index in [0.717, 1.165) is 11.3 Å². The van der Waals surface area contributed by atoms with Crippen LogP contribution in [0.1, 0.15) is 19.1 Å². The normalized spacial score (nSPS) is 20.3. The molecule has 2 amide bonds. The Morgan fingerprint density at radius 1 is 1.20 bits per heavy atom. The van der Waals surface area contributed by atoms with E-state index in [9.17, 15) is 14.7 Å². The Labute approximate surface area is 146 Å². The number of urea groups is 1. The molecule has 1 aromatic carbocycles. The third-order valence-electron chi connectivity index (χ3n) is 4.43. The van der Waals surface area contributed by atoms with E-state index < -0.39 is 11.9 Å². The number of aliphatic carboxylic acids is 1. The molecule has 132 valence electrons. The lowest BCUT2D eigenvalue weighted by Crippen LogP contribution is -2.49. The first-order chi connectivity index (χ1) is 12.0. The van der Waals surface area contributed by atoms with E-state index in [1.54, 1.807) is 4.90 Å². The third-order valence-corrected chi connectivity index (χ3v) is 4.43. The van der Waals surface area contributed by atoms with Crippen LogP contribution in [0.5, 0.6) is 0 Å². The Hall–Kier alpha value is -2.76. The van der Waals surface area contributed by atoms with E-state index >= 15 is 0 Å². The molecule has 0 spiro atoms. The molecule has 1 aliphatic rings. The Morgan fingerprint density at radius 2 is 1.96 bits per heavy atom. The number of nitrogens with one attached hydrogen (secondary N) is 1. The van der Waals surface area contributed by atoms with Gasteiger partial charge in [0.2, 0.25) is 0 Å². The standard InChI is InChI=1S/C19H22N2O4/c1-13-9-15(18(22)23)12-21(11-13)19(24)20-10-16-7-8-17(25-16)14-5-3-2-4-6-14/h2-8,13,15H,9-12H2,1H3,(H,20,24)(H,22,23). The Balaban J connectivity index is 1.57. The van der Waals surface area contributed by atoms with Crippen LogP contribution in [0.25, 0.3) is 11.3 Å². The first kappa shape index (κ1) is 17.1. The summed E-state index contributed by atoms with van der Waals surface area (Å²) in [5, 5.41) is 12.0. The van der Waals surface area contributed by atoms with Crippen molar-refractivity contribution in [3.8, 4) is 11.3 Å². The average Bonchev–Trinajstić information content (AvgIpc) is 3.09. The molecular formula is C19H22N2O4. The molecule has 2 atom stereocenters. The number of amides is 2. The van der Waals surface area contributed by atoms with Crippen LogP contribution in [0.2, 0.25) is 0 Å². The van der Waals surface area contributed by atoms with Crippen molar-refractivity contribution in [1.29, 1.82) is 0 Å². The van der Waals surface area contributed by atoms with Gasteiger partial charge in [-0.2, -0.15) is 0 Å². The summed E-state index contributed by atoms with van der Waals surface area (Å²) < 4.78 is 5.76. The highest BCUT2D eigenvalue weighted by molar-refractivity contribution is 5.76. The molecule has 1 aliphatic heterocycles. The van der Waals surface area contributed by atoms with Crippen molar-refractivity contribution < 1.29 is 19.1 Å². The van der Waals surface area contributed by atoms with Gasteiger partial charge in [-0.3, -0.25) is 4.79 Å². The van der Waals surface area contributed by atoms with Gasteiger partial charge in [0.15, 0.2) is 0 Å². The lowest BCUT2D eigenvalue weighted by atomic mass is 9.91. The summed E-state index contributed by atoms with van der Waals surface area (Å²) in [4.78, 5) is 25.1. The molecule has 0 saturated carbocycles. The molecule has 2 heterocycles. The Bertz CT molecular complexity index is 741. The lowest BCUT2D eigenvalue weighted by molar-refractivity contribution is -0.143. The molecule has 1 saturated heterocycles. The van der Waals surface area contributed by atoms with Crippen LogP contribution in [0.4, 0.5) is 4.79 Å². The summed E-state index contributed by atoms with van der Waals surface area (Å²) in [5.41, 5.74) is 0.981. The van der Waals surface area contributed by atoms with Crippen LogP contribution in [0, 0.1) is 11.8 Å². The monoisotopic (exact) mass is 342 g/mol. The van der Waals surface area contributed by atoms with Gasteiger partial charge in [-0.05, 0) is 24.5 Å². The number of furan rings is 1. The molecule has 1 aromatic heterocycles. The Kier molecular flexibility index (Phi) is 5.07. The van der Waals surface area contributed by atoms with Crippen LogP contribution in [0.3, 0.4) is 0 Å². The van der Waals surface area contributed by atoms with E-state index in [2.05, 4.69) is 5.32 Å². The predicted octanol–water partition coefficient (Wildman–Crippen LogP) is 3.20. The zero-order valence-electron chi connectivity index (χ0n) is 14.1. The molecule has 6 heteroatoms. The molecule has 1 fully saturated rings. The van der Waals surface area contributed by atoms with Crippen molar-refractivity contribution in [2.45, 2.75) is 19.9 Å². The van der Waals surface area contributed by atoms with Crippen LogP contribution in [0.15, 0.2) is 46.9 Å². The molecule has 0 radical (unpaired) electrons. The fourth-order valence-electron chi connectivity index (χ4n) is 3.20. The second-order valence-corrected chi connectivity index (χ2v) is 6.57. The highest BCUT2D eigenvalue weighted by Gasteiger charge is 2.31. The molecule has 6 nitrogen and oxygen atoms in total. The number of carboxylic acid groups (broad SMARTS) is 1. The summed E-state index contributed by atoms with van der Waals surface area (Å²) in [6.45, 7) is 3.06. The number of nitrogens with zero attached hydrogens (tertiary/aromatic N) is 1. The van der Waals surface area contributed by atoms with Gasteiger partial charge >= 0.3 is 12.0 Å². The number of carboxylic acids is 1. The summed E-state index contributed by atoms with van der Waals surface area (Å²) in [7, 11) is 0. The van der Waals surface area contributed by atoms with Crippen molar-refractivity contribution in [2.75, 3.05) is 13.1 Å². The number of carbonyl (C=O) groups excluding carboxylic acids is 1. The van der Waals surface area contributed by atoms with Crippen LogP contribution >= 0.6 is 0 Å². The average molecular weight is 342 g/mol. The lowest BCUT2D eigenvalue weighted by Gasteiger charge is -2.34. The van der Waals surface area contributed by atoms with Gasteiger partial charge in [-0.15, -0.1) is 0 Å². The summed E-state index contributed by atoms with van der Waals surface area (Å²) >= 11 is 0. The summed E-state index contributed by atoms with van der Waals surface area (Å²) in [6.07, 6.45) is 0.609. The van der Waals surface area contributed by atoms with Crippen molar-refractivity contribution in [3.05, 3.63) is 48.2 Å². The number of rotatable bonds is 4. The molecule has 2 N–H and O–H groups in total. The molecule has 2 unspecified atom stereocenters. The second-order valence-electron chi connectivity index (χ2n) is 6.57. The van der Waals surface area contributed by atoms with Gasteiger partial charge in [0.25, 0.3) is 0 Å². The first-order valence-corrected chi connectivity index (χ1v) is 8.42. The number of hydrogen-bond donors (Lipinski definition) is 2. The third kappa shape index (κ3) is 4.21. The quantitative estimate of drug-likeness (QED) is 0.894. The molecule has 2 aromatic rings. The number of carbonyl (C=O) groups is 2. The van der Waals surface area contributed by atoms with Crippen molar-refractivity contribution in [2.24, 2.45) is 11.8 Å². The Morgan fingerprint density at radius 3 is 2.68 bits per heavy atom. The van der Waals surface area contributed by atoms with Crippen molar-refractivity contribution in [3.63, 3.8) is 0 Å². The van der Waals surface area contributed by atoms with Crippen LogP contribution in [-0.4, -0.2) is 35.1 Å². The zero-order chi connectivity index (χ0) is 17.8. The van der Waals surface area contributed by atoms with Gasteiger partial charge in [0.1, 0.15) is 11.5 Å². The van der Waals surface area contributed by atoms with E-state index in [4.69, 9.17) is 4.42 Å². The molecular weight excluding hydrogens is 320 g/mol. The maximum atomic E-state index is 12.3. The fraction of sp³-hybridized carbons (Fsp3) is 0.368. The number of likely N-dealkylation sites (tertiary alicyclic amines) is 1. The molecule has 0 aliphatic carbocycles. The highest BCUT2D eigenvalue weighted by atomic mass is 16.4. The van der Waals surface area contributed by atoms with Gasteiger partial charge in [0.05, 0.1) is 12.5 Å². The number of hydrogen-bond acceptors (Lipinski definition) is 3. The number of piperidine rings is 1. The smallest absolute Gasteiger partial charge is 0.317 e. The van der Waals surface area contributed by atoms with Crippen LogP contribution < -0.4 is 5.32 Å². The van der Waals surface area contributed by atoms with Crippen LogP contribution in [-0.2, 0) is 11.3 Å². The van der Waals surface area contributed by atoms with Gasteiger partial charge in [-0.25, -0.2) is 4.79 Å². The maximum absolute atomic E-state index is 12.3. The number of benzene rings is 1. The van der Waals surface area contributed by atoms with E-state index in [-0.39, 0.29) is 25.0 Å². The second kappa shape index (κ2) is 7.42. The van der Waals surface area contributed by atoms with E-state index in [0.29, 0.717) is 18.7 Å². The summed E-state index contributed by atoms with van der Waals surface area (Å²) in [5.74, 6) is 0.244. The van der Waals surface area contributed by atoms with Gasteiger partial charge in [0, 0.05) is 18.7 Å². The minimum atomic E-state index is -0.845. The van der Waals surface area contributed by atoms with Crippen molar-refractivity contribution in [1.82, 2.24) is 10.2 Å². The predicted molar refractivity (Wildman–Crippen MR) is 92.9 cm³/mol. The zero-order valence-corrected chi connectivity index (χ0v) is 14.1.